The molecular weight excluding hydrogens is 324 g/mol. The highest BCUT2D eigenvalue weighted by Gasteiger charge is 2.24. The smallest absolute Gasteiger partial charge is 0.261 e. The lowest BCUT2D eigenvalue weighted by atomic mass is 10.1. The zero-order chi connectivity index (χ0) is 16.8. The van der Waals surface area contributed by atoms with Crippen molar-refractivity contribution < 1.29 is 4.79 Å². The Morgan fingerprint density at radius 2 is 2.29 bits per heavy atom. The fourth-order valence-electron chi connectivity index (χ4n) is 3.34. The van der Waals surface area contributed by atoms with E-state index in [-0.39, 0.29) is 11.9 Å². The van der Waals surface area contributed by atoms with Gasteiger partial charge < -0.3 is 9.88 Å². The summed E-state index contributed by atoms with van der Waals surface area (Å²) in [5.74, 6) is 2.02. The maximum absolute atomic E-state index is 12.6. The zero-order valence-electron chi connectivity index (χ0n) is 14.0. The molecule has 0 aliphatic carbocycles. The number of thiophene rings is 1. The van der Waals surface area contributed by atoms with E-state index in [1.807, 2.05) is 24.7 Å². The predicted molar refractivity (Wildman–Crippen MR) is 92.3 cm³/mol. The molecular formula is C16H20N6OS. The minimum Gasteiger partial charge on any atom is -0.347 e. The van der Waals surface area contributed by atoms with Gasteiger partial charge in [0.25, 0.3) is 5.91 Å². The van der Waals surface area contributed by atoms with Crippen molar-refractivity contribution >= 4 is 27.5 Å². The number of hydrogen-bond acceptors (Lipinski definition) is 5. The standard InChI is InChI=1S/C16H20N6OS/c1-4-13-18-19-14-6-5-10(8-22(13)14)17-15(23)12-7-11-9(2)20-21(3)16(11)24-12/h7,10H,4-6,8H2,1-3H3,(H,17,23)/t10-/m1/s1. The van der Waals surface area contributed by atoms with Crippen LogP contribution in [0.15, 0.2) is 6.07 Å². The van der Waals surface area contributed by atoms with Crippen LogP contribution in [0.25, 0.3) is 10.2 Å². The number of hydrogen-bond donors (Lipinski definition) is 1. The van der Waals surface area contributed by atoms with E-state index in [9.17, 15) is 4.79 Å². The molecule has 1 aliphatic heterocycles. The van der Waals surface area contributed by atoms with Crippen LogP contribution in [0.1, 0.15) is 40.4 Å². The van der Waals surface area contributed by atoms with E-state index in [0.29, 0.717) is 0 Å². The second-order valence-electron chi connectivity index (χ2n) is 6.24. The van der Waals surface area contributed by atoms with Gasteiger partial charge in [-0.05, 0) is 19.4 Å². The Labute approximate surface area is 143 Å². The Balaban J connectivity index is 1.52. The van der Waals surface area contributed by atoms with Crippen LogP contribution in [0, 0.1) is 6.92 Å². The maximum atomic E-state index is 12.6. The molecule has 3 aromatic rings. The van der Waals surface area contributed by atoms with Crippen LogP contribution in [-0.4, -0.2) is 36.5 Å². The highest BCUT2D eigenvalue weighted by Crippen LogP contribution is 2.28. The van der Waals surface area contributed by atoms with E-state index in [0.717, 1.165) is 58.2 Å². The van der Waals surface area contributed by atoms with Crippen LogP contribution < -0.4 is 5.32 Å². The third-order valence-electron chi connectivity index (χ3n) is 4.59. The third-order valence-corrected chi connectivity index (χ3v) is 5.80. The van der Waals surface area contributed by atoms with Crippen molar-refractivity contribution in [3.63, 3.8) is 0 Å². The second-order valence-corrected chi connectivity index (χ2v) is 7.27. The van der Waals surface area contributed by atoms with Crippen LogP contribution in [0.4, 0.5) is 0 Å². The van der Waals surface area contributed by atoms with Gasteiger partial charge in [-0.2, -0.15) is 5.10 Å². The molecule has 7 nitrogen and oxygen atoms in total. The molecule has 0 spiro atoms. The Bertz CT molecular complexity index is 873. The van der Waals surface area contributed by atoms with Crippen LogP contribution in [0.2, 0.25) is 0 Å². The van der Waals surface area contributed by atoms with Crippen LogP contribution in [0.3, 0.4) is 0 Å². The van der Waals surface area contributed by atoms with Gasteiger partial charge in [0.15, 0.2) is 0 Å². The summed E-state index contributed by atoms with van der Waals surface area (Å²) in [4.78, 5) is 14.4. The molecule has 0 bridgehead atoms. The molecule has 0 radical (unpaired) electrons. The van der Waals surface area contributed by atoms with Crippen molar-refractivity contribution in [2.24, 2.45) is 7.05 Å². The SMILES string of the molecule is CCc1nnc2n1C[C@H](NC(=O)c1cc3c(C)nn(C)c3s1)CC2. The van der Waals surface area contributed by atoms with Crippen molar-refractivity contribution in [1.82, 2.24) is 29.9 Å². The monoisotopic (exact) mass is 344 g/mol. The van der Waals surface area contributed by atoms with Crippen molar-refractivity contribution in [1.29, 1.82) is 0 Å². The molecule has 0 unspecified atom stereocenters. The number of amides is 1. The molecule has 1 amide bonds. The van der Waals surface area contributed by atoms with Crippen molar-refractivity contribution in [2.75, 3.05) is 0 Å². The average Bonchev–Trinajstić information content (AvgIpc) is 3.24. The fraction of sp³-hybridized carbons (Fsp3) is 0.500. The van der Waals surface area contributed by atoms with Gasteiger partial charge >= 0.3 is 0 Å². The van der Waals surface area contributed by atoms with Gasteiger partial charge in [0.1, 0.15) is 16.5 Å². The molecule has 1 aliphatic rings. The number of nitrogens with zero attached hydrogens (tertiary/aromatic N) is 5. The number of carbonyl (C=O) groups is 1. The van der Waals surface area contributed by atoms with E-state index < -0.39 is 0 Å². The average molecular weight is 344 g/mol. The summed E-state index contributed by atoms with van der Waals surface area (Å²) in [7, 11) is 1.91. The van der Waals surface area contributed by atoms with Crippen molar-refractivity contribution in [2.45, 2.75) is 45.7 Å². The van der Waals surface area contributed by atoms with Gasteiger partial charge in [0.05, 0.1) is 10.6 Å². The first-order valence-electron chi connectivity index (χ1n) is 8.21. The lowest BCUT2D eigenvalue weighted by Crippen LogP contribution is -2.41. The minimum atomic E-state index is -0.00447. The molecule has 126 valence electrons. The number of fused-ring (bicyclic) bond motifs is 2. The maximum Gasteiger partial charge on any atom is 0.261 e. The molecule has 1 atom stereocenters. The molecule has 0 saturated heterocycles. The lowest BCUT2D eigenvalue weighted by molar-refractivity contribution is 0.0931. The van der Waals surface area contributed by atoms with Crippen molar-refractivity contribution in [3.8, 4) is 0 Å². The van der Waals surface area contributed by atoms with E-state index in [1.165, 1.54) is 11.3 Å². The van der Waals surface area contributed by atoms with Crippen LogP contribution in [-0.2, 0) is 26.4 Å². The molecule has 0 aromatic carbocycles. The summed E-state index contributed by atoms with van der Waals surface area (Å²) in [5.41, 5.74) is 0.960. The fourth-order valence-corrected chi connectivity index (χ4v) is 4.36. The first kappa shape index (κ1) is 15.3. The van der Waals surface area contributed by atoms with E-state index in [1.54, 1.807) is 0 Å². The molecule has 3 aromatic heterocycles. The second kappa shape index (κ2) is 5.70. The molecule has 4 heterocycles. The minimum absolute atomic E-state index is 0.00447. The van der Waals surface area contributed by atoms with E-state index >= 15 is 0 Å². The first-order valence-corrected chi connectivity index (χ1v) is 9.03. The van der Waals surface area contributed by atoms with Crippen LogP contribution >= 0.6 is 11.3 Å². The van der Waals surface area contributed by atoms with Crippen LogP contribution in [0.5, 0.6) is 0 Å². The molecule has 8 heteroatoms. The Morgan fingerprint density at radius 1 is 1.46 bits per heavy atom. The summed E-state index contributed by atoms with van der Waals surface area (Å²) in [5, 5.41) is 17.1. The summed E-state index contributed by atoms with van der Waals surface area (Å²) < 4.78 is 3.98. The highest BCUT2D eigenvalue weighted by atomic mass is 32.1. The Kier molecular flexibility index (Phi) is 3.64. The summed E-state index contributed by atoms with van der Waals surface area (Å²) in [6.45, 7) is 4.80. The third kappa shape index (κ3) is 2.41. The number of nitrogens with one attached hydrogen (secondary N) is 1. The number of rotatable bonds is 3. The molecule has 4 rings (SSSR count). The molecule has 1 N–H and O–H groups in total. The van der Waals surface area contributed by atoms with Crippen molar-refractivity contribution in [3.05, 3.63) is 28.3 Å². The van der Waals surface area contributed by atoms with Gasteiger partial charge in [0, 0.05) is 37.9 Å². The largest absolute Gasteiger partial charge is 0.347 e. The zero-order valence-corrected chi connectivity index (χ0v) is 14.9. The van der Waals surface area contributed by atoms with Gasteiger partial charge in [-0.15, -0.1) is 21.5 Å². The number of aromatic nitrogens is 5. The Morgan fingerprint density at radius 3 is 3.04 bits per heavy atom. The quantitative estimate of drug-likeness (QED) is 0.786. The number of aryl methyl sites for hydroxylation is 4. The molecule has 24 heavy (non-hydrogen) atoms. The van der Waals surface area contributed by atoms with Gasteiger partial charge in [-0.3, -0.25) is 9.48 Å². The highest BCUT2D eigenvalue weighted by molar-refractivity contribution is 7.20. The normalized spacial score (nSPS) is 17.2. The first-order chi connectivity index (χ1) is 11.6. The lowest BCUT2D eigenvalue weighted by Gasteiger charge is -2.25. The summed E-state index contributed by atoms with van der Waals surface area (Å²) in [6.07, 6.45) is 2.61. The molecule has 0 saturated carbocycles. The van der Waals surface area contributed by atoms with Gasteiger partial charge in [-0.25, -0.2) is 0 Å². The summed E-state index contributed by atoms with van der Waals surface area (Å²) in [6, 6.07) is 2.07. The van der Waals surface area contributed by atoms with Gasteiger partial charge in [0.2, 0.25) is 0 Å². The van der Waals surface area contributed by atoms with E-state index in [2.05, 4.69) is 32.1 Å². The topological polar surface area (TPSA) is 77.6 Å². The number of carbonyl (C=O) groups excluding carboxylic acids is 1. The van der Waals surface area contributed by atoms with E-state index in [4.69, 9.17) is 0 Å². The predicted octanol–water partition coefficient (Wildman–Crippen LogP) is 1.84. The van der Waals surface area contributed by atoms with Gasteiger partial charge in [-0.1, -0.05) is 6.92 Å². The molecule has 0 fully saturated rings. The summed E-state index contributed by atoms with van der Waals surface area (Å²) >= 11 is 1.49. The Hall–Kier alpha value is -2.22.